The lowest BCUT2D eigenvalue weighted by Gasteiger charge is -2.15. The van der Waals surface area contributed by atoms with Crippen LogP contribution in [0.4, 0.5) is 11.4 Å². The number of ether oxygens (including phenoxy) is 3. The number of benzene rings is 1. The van der Waals surface area contributed by atoms with Crippen LogP contribution in [0.1, 0.15) is 23.7 Å². The topological polar surface area (TPSA) is 81.7 Å². The molecule has 0 saturated carbocycles. The average Bonchev–Trinajstić information content (AvgIpc) is 2.65. The van der Waals surface area contributed by atoms with Crippen molar-refractivity contribution in [1.29, 1.82) is 0 Å². The van der Waals surface area contributed by atoms with Gasteiger partial charge in [-0.15, -0.1) is 0 Å². The molecule has 1 aromatic carbocycles. The second-order valence-electron chi connectivity index (χ2n) is 5.26. The second-order valence-corrected chi connectivity index (χ2v) is 5.26. The maximum absolute atomic E-state index is 12.1. The molecule has 0 radical (unpaired) electrons. The smallest absolute Gasteiger partial charge is 0.252 e. The quantitative estimate of drug-likeness (QED) is 0.765. The summed E-state index contributed by atoms with van der Waals surface area (Å²) in [4.78, 5) is 16.2. The van der Waals surface area contributed by atoms with Gasteiger partial charge in [-0.25, -0.2) is 0 Å². The first-order valence-electron chi connectivity index (χ1n) is 7.93. The lowest BCUT2D eigenvalue weighted by molar-refractivity contribution is 0.0953. The molecule has 0 spiro atoms. The molecule has 1 heterocycles. The predicted molar refractivity (Wildman–Crippen MR) is 96.2 cm³/mol. The molecule has 1 amide bonds. The number of methoxy groups -OCH3 is 3. The Morgan fingerprint density at radius 2 is 1.68 bits per heavy atom. The summed E-state index contributed by atoms with van der Waals surface area (Å²) in [6.45, 7) is 2.63. The SMILES string of the molecule is CCCNC(=O)c1cncc(Nc2cc(OC)c(OC)c(OC)c2)c1. The number of nitrogens with one attached hydrogen (secondary N) is 2. The summed E-state index contributed by atoms with van der Waals surface area (Å²) in [5, 5.41) is 6.03. The van der Waals surface area contributed by atoms with E-state index in [0.29, 0.717) is 35.0 Å². The normalized spacial score (nSPS) is 10.1. The summed E-state index contributed by atoms with van der Waals surface area (Å²) in [5.41, 5.74) is 1.90. The van der Waals surface area contributed by atoms with Crippen LogP contribution in [0, 0.1) is 0 Å². The van der Waals surface area contributed by atoms with Crippen molar-refractivity contribution in [2.24, 2.45) is 0 Å². The zero-order chi connectivity index (χ0) is 18.2. The van der Waals surface area contributed by atoms with Gasteiger partial charge >= 0.3 is 0 Å². The Hall–Kier alpha value is -2.96. The van der Waals surface area contributed by atoms with Crippen LogP contribution in [0.5, 0.6) is 17.2 Å². The Bertz CT molecular complexity index is 709. The first-order valence-corrected chi connectivity index (χ1v) is 7.93. The van der Waals surface area contributed by atoms with Gasteiger partial charge in [0.05, 0.1) is 38.8 Å². The highest BCUT2D eigenvalue weighted by Crippen LogP contribution is 2.40. The first kappa shape index (κ1) is 18.4. The molecule has 0 bridgehead atoms. The molecule has 134 valence electrons. The highest BCUT2D eigenvalue weighted by Gasteiger charge is 2.14. The number of hydrogen-bond acceptors (Lipinski definition) is 6. The molecule has 2 rings (SSSR count). The highest BCUT2D eigenvalue weighted by atomic mass is 16.5. The molecule has 0 saturated heterocycles. The molecule has 2 aromatic rings. The molecule has 0 unspecified atom stereocenters. The molecule has 0 fully saturated rings. The maximum atomic E-state index is 12.1. The third-order valence-electron chi connectivity index (χ3n) is 3.49. The molecule has 0 aliphatic rings. The van der Waals surface area contributed by atoms with Crippen LogP contribution in [0.3, 0.4) is 0 Å². The van der Waals surface area contributed by atoms with Crippen molar-refractivity contribution in [1.82, 2.24) is 10.3 Å². The van der Waals surface area contributed by atoms with Gasteiger partial charge in [-0.05, 0) is 12.5 Å². The van der Waals surface area contributed by atoms with Crippen molar-refractivity contribution in [2.75, 3.05) is 33.2 Å². The fourth-order valence-corrected chi connectivity index (χ4v) is 2.29. The summed E-state index contributed by atoms with van der Waals surface area (Å²) < 4.78 is 16.0. The zero-order valence-electron chi connectivity index (χ0n) is 14.9. The van der Waals surface area contributed by atoms with Crippen molar-refractivity contribution in [3.8, 4) is 17.2 Å². The van der Waals surface area contributed by atoms with Crippen molar-refractivity contribution in [2.45, 2.75) is 13.3 Å². The molecular formula is C18H23N3O4. The van der Waals surface area contributed by atoms with Crippen molar-refractivity contribution < 1.29 is 19.0 Å². The minimum atomic E-state index is -0.150. The van der Waals surface area contributed by atoms with E-state index in [9.17, 15) is 4.79 Å². The van der Waals surface area contributed by atoms with Crippen molar-refractivity contribution >= 4 is 17.3 Å². The Labute approximate surface area is 147 Å². The minimum Gasteiger partial charge on any atom is -0.493 e. The minimum absolute atomic E-state index is 0.150. The number of amides is 1. The number of nitrogens with zero attached hydrogens (tertiary/aromatic N) is 1. The van der Waals surface area contributed by atoms with E-state index >= 15 is 0 Å². The molecule has 0 aliphatic carbocycles. The van der Waals surface area contributed by atoms with Gasteiger partial charge in [0.15, 0.2) is 11.5 Å². The summed E-state index contributed by atoms with van der Waals surface area (Å²) >= 11 is 0. The number of hydrogen-bond donors (Lipinski definition) is 2. The van der Waals surface area contributed by atoms with Gasteiger partial charge in [0, 0.05) is 30.6 Å². The molecule has 25 heavy (non-hydrogen) atoms. The van der Waals surface area contributed by atoms with E-state index in [-0.39, 0.29) is 5.91 Å². The Balaban J connectivity index is 2.26. The lowest BCUT2D eigenvalue weighted by atomic mass is 10.2. The van der Waals surface area contributed by atoms with E-state index in [0.717, 1.165) is 12.1 Å². The Morgan fingerprint density at radius 3 is 2.24 bits per heavy atom. The summed E-state index contributed by atoms with van der Waals surface area (Å²) in [5.74, 6) is 1.44. The monoisotopic (exact) mass is 345 g/mol. The molecule has 2 N–H and O–H groups in total. The van der Waals surface area contributed by atoms with Crippen molar-refractivity contribution in [3.05, 3.63) is 36.2 Å². The summed E-state index contributed by atoms with van der Waals surface area (Å²) in [6, 6.07) is 5.30. The zero-order valence-corrected chi connectivity index (χ0v) is 14.9. The largest absolute Gasteiger partial charge is 0.493 e. The van der Waals surface area contributed by atoms with Gasteiger partial charge in [-0.2, -0.15) is 0 Å². The second kappa shape index (κ2) is 8.77. The van der Waals surface area contributed by atoms with Crippen LogP contribution in [0.25, 0.3) is 0 Å². The van der Waals surface area contributed by atoms with E-state index in [1.165, 1.54) is 6.20 Å². The van der Waals surface area contributed by atoms with Crippen LogP contribution in [0.15, 0.2) is 30.6 Å². The summed E-state index contributed by atoms with van der Waals surface area (Å²) in [6.07, 6.45) is 4.05. The van der Waals surface area contributed by atoms with E-state index < -0.39 is 0 Å². The number of anilines is 2. The van der Waals surface area contributed by atoms with E-state index in [2.05, 4.69) is 15.6 Å². The molecule has 7 nitrogen and oxygen atoms in total. The van der Waals surface area contributed by atoms with Crippen LogP contribution in [-0.4, -0.2) is 38.8 Å². The lowest BCUT2D eigenvalue weighted by Crippen LogP contribution is -2.24. The number of rotatable bonds is 8. The molecule has 7 heteroatoms. The standard InChI is InChI=1S/C18H23N3O4/c1-5-6-20-18(22)12-7-14(11-19-10-12)21-13-8-15(23-2)17(25-4)16(9-13)24-3/h7-11,21H,5-6H2,1-4H3,(H,20,22). The molecule has 0 atom stereocenters. The molecule has 0 aliphatic heterocycles. The van der Waals surface area contributed by atoms with Gasteiger partial charge in [-0.1, -0.05) is 6.92 Å². The number of pyridine rings is 1. The Kier molecular flexibility index (Phi) is 6.45. The van der Waals surface area contributed by atoms with E-state index in [1.807, 2.05) is 6.92 Å². The highest BCUT2D eigenvalue weighted by molar-refractivity contribution is 5.94. The van der Waals surface area contributed by atoms with Crippen molar-refractivity contribution in [3.63, 3.8) is 0 Å². The number of aromatic nitrogens is 1. The van der Waals surface area contributed by atoms with Gasteiger partial charge in [0.1, 0.15) is 0 Å². The van der Waals surface area contributed by atoms with Gasteiger partial charge in [0.25, 0.3) is 5.91 Å². The first-order chi connectivity index (χ1) is 12.1. The maximum Gasteiger partial charge on any atom is 0.252 e. The molecule has 1 aromatic heterocycles. The van der Waals surface area contributed by atoms with E-state index in [4.69, 9.17) is 14.2 Å². The van der Waals surface area contributed by atoms with Crippen LogP contribution < -0.4 is 24.8 Å². The third kappa shape index (κ3) is 4.53. The predicted octanol–water partition coefficient (Wildman–Crippen LogP) is 2.99. The average molecular weight is 345 g/mol. The fourth-order valence-electron chi connectivity index (χ4n) is 2.29. The van der Waals surface area contributed by atoms with Gasteiger partial charge < -0.3 is 24.8 Å². The fraction of sp³-hybridized carbons (Fsp3) is 0.333. The third-order valence-corrected chi connectivity index (χ3v) is 3.49. The number of carbonyl (C=O) groups is 1. The van der Waals surface area contributed by atoms with Crippen LogP contribution in [0.2, 0.25) is 0 Å². The Morgan fingerprint density at radius 1 is 1.00 bits per heavy atom. The van der Waals surface area contributed by atoms with Crippen LogP contribution >= 0.6 is 0 Å². The summed E-state index contributed by atoms with van der Waals surface area (Å²) in [7, 11) is 4.67. The van der Waals surface area contributed by atoms with Gasteiger partial charge in [0.2, 0.25) is 5.75 Å². The van der Waals surface area contributed by atoms with E-state index in [1.54, 1.807) is 45.7 Å². The van der Waals surface area contributed by atoms with Crippen LogP contribution in [-0.2, 0) is 0 Å². The molecular weight excluding hydrogens is 322 g/mol. The number of carbonyl (C=O) groups excluding carboxylic acids is 1. The van der Waals surface area contributed by atoms with Gasteiger partial charge in [-0.3, -0.25) is 9.78 Å².